The average molecular weight is 290 g/mol. The molecule has 1 aromatic carbocycles. The van der Waals surface area contributed by atoms with Crippen LogP contribution in [0.4, 0.5) is 8.78 Å². The molecular weight excluding hydrogens is 274 g/mol. The number of halogens is 2. The summed E-state index contributed by atoms with van der Waals surface area (Å²) in [6.07, 6.45) is 0. The van der Waals surface area contributed by atoms with Gasteiger partial charge in [-0.25, -0.2) is 17.2 Å². The van der Waals surface area contributed by atoms with Crippen LogP contribution >= 0.6 is 0 Å². The highest BCUT2D eigenvalue weighted by Gasteiger charge is 2.33. The summed E-state index contributed by atoms with van der Waals surface area (Å²) < 4.78 is 52.6. The lowest BCUT2D eigenvalue weighted by atomic mass is 10.2. The zero-order valence-corrected chi connectivity index (χ0v) is 11.5. The topological polar surface area (TPSA) is 49.4 Å². The van der Waals surface area contributed by atoms with Crippen LogP contribution in [0.25, 0.3) is 0 Å². The van der Waals surface area contributed by atoms with Gasteiger partial charge in [0.1, 0.15) is 16.5 Å². The van der Waals surface area contributed by atoms with Crippen molar-refractivity contribution in [1.29, 1.82) is 0 Å². The van der Waals surface area contributed by atoms with Crippen LogP contribution in [-0.2, 0) is 10.0 Å². The van der Waals surface area contributed by atoms with Gasteiger partial charge in [-0.2, -0.15) is 4.31 Å². The van der Waals surface area contributed by atoms with Gasteiger partial charge in [-0.05, 0) is 32.0 Å². The number of benzene rings is 1. The largest absolute Gasteiger partial charge is 0.309 e. The fourth-order valence-electron chi connectivity index (χ4n) is 2.29. The molecule has 0 spiro atoms. The zero-order chi connectivity index (χ0) is 14.2. The van der Waals surface area contributed by atoms with Crippen molar-refractivity contribution in [3.8, 4) is 0 Å². The van der Waals surface area contributed by atoms with E-state index in [-0.39, 0.29) is 25.2 Å². The summed E-state index contributed by atoms with van der Waals surface area (Å²) in [5.41, 5.74) is 0. The molecule has 1 aliphatic rings. The normalized spacial score (nSPS) is 25.5. The lowest BCUT2D eigenvalue weighted by molar-refractivity contribution is 0.262. The van der Waals surface area contributed by atoms with Gasteiger partial charge < -0.3 is 5.32 Å². The lowest BCUT2D eigenvalue weighted by Crippen LogP contribution is -2.55. The molecule has 106 valence electrons. The van der Waals surface area contributed by atoms with Crippen molar-refractivity contribution in [3.63, 3.8) is 0 Å². The van der Waals surface area contributed by atoms with E-state index < -0.39 is 26.6 Å². The quantitative estimate of drug-likeness (QED) is 0.894. The molecule has 0 aliphatic carbocycles. The summed E-state index contributed by atoms with van der Waals surface area (Å²) in [6.45, 7) is 4.17. The van der Waals surface area contributed by atoms with Gasteiger partial charge in [0.25, 0.3) is 0 Å². The molecule has 1 aliphatic heterocycles. The first-order valence-electron chi connectivity index (χ1n) is 6.02. The summed E-state index contributed by atoms with van der Waals surface area (Å²) >= 11 is 0. The maximum absolute atomic E-state index is 13.6. The van der Waals surface area contributed by atoms with Crippen LogP contribution in [-0.4, -0.2) is 37.9 Å². The van der Waals surface area contributed by atoms with E-state index in [1.165, 1.54) is 4.31 Å². The third-order valence-electron chi connectivity index (χ3n) is 3.04. The number of hydrogen-bond donors (Lipinski definition) is 1. The maximum Gasteiger partial charge on any atom is 0.246 e. The average Bonchev–Trinajstić information content (AvgIpc) is 2.31. The molecule has 0 unspecified atom stereocenters. The lowest BCUT2D eigenvalue weighted by Gasteiger charge is -2.35. The molecule has 0 saturated carbocycles. The van der Waals surface area contributed by atoms with Crippen molar-refractivity contribution in [1.82, 2.24) is 9.62 Å². The smallest absolute Gasteiger partial charge is 0.246 e. The van der Waals surface area contributed by atoms with Gasteiger partial charge >= 0.3 is 0 Å². The van der Waals surface area contributed by atoms with E-state index in [9.17, 15) is 17.2 Å². The van der Waals surface area contributed by atoms with E-state index in [0.29, 0.717) is 0 Å². The Hall–Kier alpha value is -1.05. The molecule has 19 heavy (non-hydrogen) atoms. The number of piperazine rings is 1. The van der Waals surface area contributed by atoms with Gasteiger partial charge in [0.15, 0.2) is 0 Å². The molecule has 7 heteroatoms. The Bertz CT molecular complexity index is 567. The molecular formula is C12H16F2N2O2S. The van der Waals surface area contributed by atoms with Crippen LogP contribution in [0.5, 0.6) is 0 Å². The van der Waals surface area contributed by atoms with Crippen LogP contribution in [0.1, 0.15) is 13.8 Å². The third kappa shape index (κ3) is 2.93. The summed E-state index contributed by atoms with van der Waals surface area (Å²) in [5, 5.41) is 3.18. The third-order valence-corrected chi connectivity index (χ3v) is 4.88. The molecule has 1 saturated heterocycles. The van der Waals surface area contributed by atoms with Gasteiger partial charge in [-0.1, -0.05) is 0 Å². The molecule has 2 atom stereocenters. The van der Waals surface area contributed by atoms with Crippen LogP contribution in [0.15, 0.2) is 23.1 Å². The van der Waals surface area contributed by atoms with E-state index in [1.54, 1.807) is 0 Å². The van der Waals surface area contributed by atoms with Crippen LogP contribution in [0, 0.1) is 11.6 Å². The molecule has 0 bridgehead atoms. The number of sulfonamides is 1. The fraction of sp³-hybridized carbons (Fsp3) is 0.500. The van der Waals surface area contributed by atoms with Gasteiger partial charge in [-0.15, -0.1) is 0 Å². The molecule has 0 amide bonds. The molecule has 1 aromatic rings. The van der Waals surface area contributed by atoms with E-state index in [4.69, 9.17) is 0 Å². The van der Waals surface area contributed by atoms with Crippen molar-refractivity contribution in [2.45, 2.75) is 30.8 Å². The SMILES string of the molecule is C[C@@H]1CN(S(=O)(=O)c2cc(F)ccc2F)C[C@H](C)N1. The van der Waals surface area contributed by atoms with E-state index >= 15 is 0 Å². The van der Waals surface area contributed by atoms with Crippen molar-refractivity contribution in [2.24, 2.45) is 0 Å². The van der Waals surface area contributed by atoms with Gasteiger partial charge in [0.05, 0.1) is 0 Å². The Kier molecular flexibility index (Phi) is 3.89. The van der Waals surface area contributed by atoms with Gasteiger partial charge in [0.2, 0.25) is 10.0 Å². The monoisotopic (exact) mass is 290 g/mol. The Morgan fingerprint density at radius 2 is 1.79 bits per heavy atom. The predicted octanol–water partition coefficient (Wildman–Crippen LogP) is 1.34. The highest BCUT2D eigenvalue weighted by atomic mass is 32.2. The number of nitrogens with one attached hydrogen (secondary N) is 1. The predicted molar refractivity (Wildman–Crippen MR) is 67.2 cm³/mol. The molecule has 1 fully saturated rings. The zero-order valence-electron chi connectivity index (χ0n) is 10.7. The molecule has 1 heterocycles. The van der Waals surface area contributed by atoms with Crippen LogP contribution < -0.4 is 5.32 Å². The minimum absolute atomic E-state index is 0.0323. The molecule has 1 N–H and O–H groups in total. The first kappa shape index (κ1) is 14.4. The maximum atomic E-state index is 13.6. The van der Waals surface area contributed by atoms with Crippen LogP contribution in [0.2, 0.25) is 0 Å². The number of rotatable bonds is 2. The minimum Gasteiger partial charge on any atom is -0.309 e. The Morgan fingerprint density at radius 3 is 2.37 bits per heavy atom. The molecule has 0 aromatic heterocycles. The second kappa shape index (κ2) is 5.15. The fourth-order valence-corrected chi connectivity index (χ4v) is 3.98. The first-order chi connectivity index (χ1) is 8.80. The Labute approximate surface area is 111 Å². The van der Waals surface area contributed by atoms with E-state index in [1.807, 2.05) is 13.8 Å². The van der Waals surface area contributed by atoms with E-state index in [2.05, 4.69) is 5.32 Å². The van der Waals surface area contributed by atoms with E-state index in [0.717, 1.165) is 18.2 Å². The molecule has 2 rings (SSSR count). The summed E-state index contributed by atoms with van der Waals surface area (Å²) in [4.78, 5) is -0.603. The Balaban J connectivity index is 2.39. The summed E-state index contributed by atoms with van der Waals surface area (Å²) in [7, 11) is -4.00. The Morgan fingerprint density at radius 1 is 1.21 bits per heavy atom. The molecule has 0 radical (unpaired) electrons. The second-order valence-corrected chi connectivity index (χ2v) is 6.77. The van der Waals surface area contributed by atoms with Crippen LogP contribution in [0.3, 0.4) is 0 Å². The standard InChI is InChI=1S/C12H16F2N2O2S/c1-8-6-16(7-9(2)15-8)19(17,18)12-5-10(13)3-4-11(12)14/h3-5,8-9,15H,6-7H2,1-2H3/t8-,9+. The van der Waals surface area contributed by atoms with Crippen molar-refractivity contribution in [3.05, 3.63) is 29.8 Å². The minimum atomic E-state index is -4.00. The number of hydrogen-bond acceptors (Lipinski definition) is 3. The number of nitrogens with zero attached hydrogens (tertiary/aromatic N) is 1. The summed E-state index contributed by atoms with van der Waals surface area (Å²) in [6, 6.07) is 2.39. The van der Waals surface area contributed by atoms with Gasteiger partial charge in [-0.3, -0.25) is 0 Å². The molecule has 4 nitrogen and oxygen atoms in total. The van der Waals surface area contributed by atoms with Crippen molar-refractivity contribution >= 4 is 10.0 Å². The highest BCUT2D eigenvalue weighted by Crippen LogP contribution is 2.22. The van der Waals surface area contributed by atoms with Gasteiger partial charge in [0, 0.05) is 25.2 Å². The first-order valence-corrected chi connectivity index (χ1v) is 7.46. The highest BCUT2D eigenvalue weighted by molar-refractivity contribution is 7.89. The van der Waals surface area contributed by atoms with Crippen molar-refractivity contribution in [2.75, 3.05) is 13.1 Å². The van der Waals surface area contributed by atoms with Crippen molar-refractivity contribution < 1.29 is 17.2 Å². The summed E-state index contributed by atoms with van der Waals surface area (Å²) in [5.74, 6) is -1.70. The second-order valence-electron chi connectivity index (χ2n) is 4.87.